The van der Waals surface area contributed by atoms with Crippen molar-refractivity contribution in [1.82, 2.24) is 9.62 Å². The van der Waals surface area contributed by atoms with Crippen molar-refractivity contribution in [3.8, 4) is 0 Å². The summed E-state index contributed by atoms with van der Waals surface area (Å²) in [5.74, 6) is -0.465. The maximum absolute atomic E-state index is 13.0. The third-order valence-electron chi connectivity index (χ3n) is 3.73. The number of nitrogens with zero attached hydrogens (tertiary/aromatic N) is 1. The number of halogens is 2. The Morgan fingerprint density at radius 3 is 2.37 bits per heavy atom. The van der Waals surface area contributed by atoms with Crippen LogP contribution in [-0.2, 0) is 21.4 Å². The van der Waals surface area contributed by atoms with Crippen LogP contribution in [0.1, 0.15) is 12.0 Å². The van der Waals surface area contributed by atoms with Gasteiger partial charge in [0.05, 0.1) is 11.4 Å². The molecule has 146 valence electrons. The molecular formula is C18H20Cl2N2O4S. The van der Waals surface area contributed by atoms with E-state index in [-0.39, 0.29) is 31.1 Å². The second-order valence-corrected chi connectivity index (χ2v) is 8.53. The summed E-state index contributed by atoms with van der Waals surface area (Å²) in [6, 6.07) is 12.6. The number of hydrogen-bond donors (Lipinski definition) is 2. The lowest BCUT2D eigenvalue weighted by Gasteiger charge is -2.22. The van der Waals surface area contributed by atoms with Gasteiger partial charge in [-0.3, -0.25) is 4.79 Å². The van der Waals surface area contributed by atoms with Gasteiger partial charge in [-0.05, 0) is 42.3 Å². The van der Waals surface area contributed by atoms with E-state index in [9.17, 15) is 13.2 Å². The fourth-order valence-electron chi connectivity index (χ4n) is 2.32. The van der Waals surface area contributed by atoms with Gasteiger partial charge in [0.2, 0.25) is 15.9 Å². The fraction of sp³-hybridized carbons (Fsp3) is 0.278. The first-order valence-corrected chi connectivity index (χ1v) is 10.4. The van der Waals surface area contributed by atoms with E-state index in [0.717, 1.165) is 4.31 Å². The number of carbonyl (C=O) groups is 1. The third kappa shape index (κ3) is 6.19. The van der Waals surface area contributed by atoms with Crippen LogP contribution in [-0.4, -0.2) is 43.4 Å². The molecule has 2 rings (SSSR count). The Balaban J connectivity index is 2.29. The highest BCUT2D eigenvalue weighted by Gasteiger charge is 2.27. The van der Waals surface area contributed by atoms with Crippen LogP contribution in [0.25, 0.3) is 0 Å². The van der Waals surface area contributed by atoms with Crippen molar-refractivity contribution in [3.63, 3.8) is 0 Å². The number of sulfonamides is 1. The number of benzene rings is 2. The number of nitrogens with one attached hydrogen (secondary N) is 1. The van der Waals surface area contributed by atoms with Crippen LogP contribution in [0.2, 0.25) is 10.0 Å². The molecule has 0 aliphatic carbocycles. The summed E-state index contributed by atoms with van der Waals surface area (Å²) in [5, 5.41) is 12.2. The smallest absolute Gasteiger partial charge is 0.243 e. The molecule has 2 aromatic carbocycles. The van der Waals surface area contributed by atoms with E-state index < -0.39 is 15.9 Å². The van der Waals surface area contributed by atoms with Crippen molar-refractivity contribution in [2.24, 2.45) is 0 Å². The highest BCUT2D eigenvalue weighted by atomic mass is 35.5. The summed E-state index contributed by atoms with van der Waals surface area (Å²) < 4.78 is 27.2. The minimum absolute atomic E-state index is 0.0297. The molecule has 2 aromatic rings. The Hall–Kier alpha value is -1.64. The van der Waals surface area contributed by atoms with Crippen LogP contribution in [0.3, 0.4) is 0 Å². The minimum Gasteiger partial charge on any atom is -0.396 e. The number of rotatable bonds is 9. The molecule has 0 heterocycles. The second-order valence-electron chi connectivity index (χ2n) is 5.75. The number of aliphatic hydroxyl groups is 1. The second kappa shape index (κ2) is 10.1. The number of aliphatic hydroxyl groups excluding tert-OH is 1. The van der Waals surface area contributed by atoms with Gasteiger partial charge in [0.25, 0.3) is 0 Å². The quantitative estimate of drug-likeness (QED) is 0.598. The summed E-state index contributed by atoms with van der Waals surface area (Å²) in [5.41, 5.74) is 0.583. The van der Waals surface area contributed by atoms with Crippen LogP contribution in [0, 0.1) is 0 Å². The summed E-state index contributed by atoms with van der Waals surface area (Å²) in [6.45, 7) is -0.234. The first-order chi connectivity index (χ1) is 12.8. The molecule has 0 bridgehead atoms. The van der Waals surface area contributed by atoms with Crippen molar-refractivity contribution in [2.75, 3.05) is 19.7 Å². The third-order valence-corrected chi connectivity index (χ3v) is 6.16. The van der Waals surface area contributed by atoms with E-state index in [1.807, 2.05) is 0 Å². The Bertz CT molecular complexity index is 873. The molecule has 2 N–H and O–H groups in total. The van der Waals surface area contributed by atoms with Crippen LogP contribution < -0.4 is 5.32 Å². The minimum atomic E-state index is -3.95. The van der Waals surface area contributed by atoms with Gasteiger partial charge in [-0.15, -0.1) is 0 Å². The van der Waals surface area contributed by atoms with E-state index in [4.69, 9.17) is 28.3 Å². The van der Waals surface area contributed by atoms with Gasteiger partial charge in [0, 0.05) is 29.7 Å². The van der Waals surface area contributed by atoms with E-state index in [1.54, 1.807) is 24.3 Å². The average molecular weight is 431 g/mol. The predicted octanol–water partition coefficient (Wildman–Crippen LogP) is 2.68. The molecule has 0 spiro atoms. The molecular weight excluding hydrogens is 411 g/mol. The zero-order valence-corrected chi connectivity index (χ0v) is 16.8. The molecule has 0 aliphatic rings. The van der Waals surface area contributed by atoms with Gasteiger partial charge in [0.1, 0.15) is 0 Å². The van der Waals surface area contributed by atoms with Crippen LogP contribution >= 0.6 is 23.2 Å². The Labute approximate surface area is 168 Å². The first-order valence-electron chi connectivity index (χ1n) is 8.21. The van der Waals surface area contributed by atoms with E-state index in [2.05, 4.69) is 5.32 Å². The highest BCUT2D eigenvalue weighted by molar-refractivity contribution is 7.89. The standard InChI is InChI=1S/C18H20Cl2N2O4S/c19-15-6-8-16(9-7-15)27(25,26)22(13-18(24)21-10-3-11-23)12-14-4-1-2-5-17(14)20/h1-2,4-9,23H,3,10-13H2,(H,21,24). The molecule has 0 saturated carbocycles. The summed E-state index contributed by atoms with van der Waals surface area (Å²) in [6.07, 6.45) is 0.389. The van der Waals surface area contributed by atoms with Gasteiger partial charge in [-0.1, -0.05) is 41.4 Å². The summed E-state index contributed by atoms with van der Waals surface area (Å²) in [7, 11) is -3.95. The average Bonchev–Trinajstić information content (AvgIpc) is 2.63. The molecule has 0 aromatic heterocycles. The zero-order chi connectivity index (χ0) is 19.9. The van der Waals surface area contributed by atoms with E-state index >= 15 is 0 Å². The summed E-state index contributed by atoms with van der Waals surface area (Å²) in [4.78, 5) is 12.2. The molecule has 0 radical (unpaired) electrons. The Kier molecular flexibility index (Phi) is 8.07. The van der Waals surface area contributed by atoms with Gasteiger partial charge in [-0.2, -0.15) is 4.31 Å². The molecule has 0 aliphatic heterocycles. The van der Waals surface area contributed by atoms with Crippen LogP contribution in [0.15, 0.2) is 53.4 Å². The van der Waals surface area contributed by atoms with Gasteiger partial charge < -0.3 is 10.4 Å². The van der Waals surface area contributed by atoms with Gasteiger partial charge >= 0.3 is 0 Å². The lowest BCUT2D eigenvalue weighted by Crippen LogP contribution is -2.40. The maximum atomic E-state index is 13.0. The molecule has 0 atom stereocenters. The van der Waals surface area contributed by atoms with Crippen LogP contribution in [0.4, 0.5) is 0 Å². The predicted molar refractivity (Wildman–Crippen MR) is 105 cm³/mol. The van der Waals surface area contributed by atoms with Gasteiger partial charge in [-0.25, -0.2) is 8.42 Å². The Morgan fingerprint density at radius 2 is 1.74 bits per heavy atom. The topological polar surface area (TPSA) is 86.7 Å². The monoisotopic (exact) mass is 430 g/mol. The molecule has 0 fully saturated rings. The van der Waals surface area contributed by atoms with Crippen molar-refractivity contribution < 1.29 is 18.3 Å². The number of carbonyl (C=O) groups excluding carboxylic acids is 1. The van der Waals surface area contributed by atoms with E-state index in [0.29, 0.717) is 22.0 Å². The SMILES string of the molecule is O=C(CN(Cc1ccccc1Cl)S(=O)(=O)c1ccc(Cl)cc1)NCCCO. The summed E-state index contributed by atoms with van der Waals surface area (Å²) >= 11 is 12.0. The largest absolute Gasteiger partial charge is 0.396 e. The number of hydrogen-bond acceptors (Lipinski definition) is 4. The molecule has 1 amide bonds. The molecule has 9 heteroatoms. The van der Waals surface area contributed by atoms with Crippen molar-refractivity contribution >= 4 is 39.1 Å². The molecule has 0 saturated heterocycles. The highest BCUT2D eigenvalue weighted by Crippen LogP contribution is 2.23. The van der Waals surface area contributed by atoms with Crippen molar-refractivity contribution in [3.05, 3.63) is 64.1 Å². The Morgan fingerprint density at radius 1 is 1.07 bits per heavy atom. The molecule has 0 unspecified atom stereocenters. The number of amides is 1. The molecule has 6 nitrogen and oxygen atoms in total. The van der Waals surface area contributed by atoms with Crippen molar-refractivity contribution in [1.29, 1.82) is 0 Å². The maximum Gasteiger partial charge on any atom is 0.243 e. The van der Waals surface area contributed by atoms with E-state index in [1.165, 1.54) is 24.3 Å². The normalized spacial score (nSPS) is 11.6. The zero-order valence-electron chi connectivity index (χ0n) is 14.4. The lowest BCUT2D eigenvalue weighted by atomic mass is 10.2. The van der Waals surface area contributed by atoms with Crippen molar-refractivity contribution in [2.45, 2.75) is 17.9 Å². The van der Waals surface area contributed by atoms with Gasteiger partial charge in [0.15, 0.2) is 0 Å². The molecule has 27 heavy (non-hydrogen) atoms. The first kappa shape index (κ1) is 21.7. The van der Waals surface area contributed by atoms with Crippen LogP contribution in [0.5, 0.6) is 0 Å². The fourth-order valence-corrected chi connectivity index (χ4v) is 4.02. The lowest BCUT2D eigenvalue weighted by molar-refractivity contribution is -0.121.